The van der Waals surface area contributed by atoms with Crippen LogP contribution in [0.4, 0.5) is 0 Å². The molecule has 0 saturated heterocycles. The number of halogens is 4. The average molecular weight is 256 g/mol. The zero-order valence-corrected chi connectivity index (χ0v) is 9.50. The summed E-state index contributed by atoms with van der Waals surface area (Å²) < 4.78 is -1.06. The summed E-state index contributed by atoms with van der Waals surface area (Å²) in [4.78, 5) is 0. The lowest BCUT2D eigenvalue weighted by Crippen LogP contribution is -2.19. The Kier molecular flexibility index (Phi) is 2.44. The topological polar surface area (TPSA) is 0 Å². The monoisotopic (exact) mass is 254 g/mol. The van der Waals surface area contributed by atoms with Crippen molar-refractivity contribution >= 4 is 46.4 Å². The Bertz CT molecular complexity index is 334. The van der Waals surface area contributed by atoms with E-state index in [9.17, 15) is 0 Å². The van der Waals surface area contributed by atoms with Gasteiger partial charge in [0.2, 0.25) is 0 Å². The van der Waals surface area contributed by atoms with Crippen LogP contribution in [-0.2, 0) is 4.33 Å². The van der Waals surface area contributed by atoms with Gasteiger partial charge in [-0.2, -0.15) is 0 Å². The Hall–Kier alpha value is 0.380. The van der Waals surface area contributed by atoms with Crippen LogP contribution in [0.1, 0.15) is 16.5 Å². The molecule has 4 heteroatoms. The first-order chi connectivity index (χ1) is 6.05. The molecular weight excluding hydrogens is 250 g/mol. The van der Waals surface area contributed by atoms with Gasteiger partial charge in [0.15, 0.2) is 4.33 Å². The lowest BCUT2D eigenvalue weighted by atomic mass is 10.1. The summed E-state index contributed by atoms with van der Waals surface area (Å²) in [7, 11) is 0. The highest BCUT2D eigenvalue weighted by molar-refractivity contribution is 6.54. The van der Waals surface area contributed by atoms with E-state index < -0.39 is 9.71 Å². The van der Waals surface area contributed by atoms with E-state index in [1.54, 1.807) is 0 Å². The van der Waals surface area contributed by atoms with Gasteiger partial charge in [0.1, 0.15) is 0 Å². The molecule has 0 bridgehead atoms. The van der Waals surface area contributed by atoms with Crippen molar-refractivity contribution in [2.45, 2.75) is 15.1 Å². The highest BCUT2D eigenvalue weighted by Gasteiger charge is 2.48. The molecule has 0 heterocycles. The van der Waals surface area contributed by atoms with E-state index in [0.717, 1.165) is 11.1 Å². The van der Waals surface area contributed by atoms with Crippen LogP contribution in [0, 0.1) is 0 Å². The van der Waals surface area contributed by atoms with Crippen molar-refractivity contribution in [3.8, 4) is 0 Å². The third-order valence-corrected chi connectivity index (χ3v) is 4.52. The van der Waals surface area contributed by atoms with Crippen molar-refractivity contribution in [3.05, 3.63) is 35.4 Å². The maximum absolute atomic E-state index is 6.09. The molecule has 1 aromatic rings. The van der Waals surface area contributed by atoms with Crippen LogP contribution in [0.15, 0.2) is 24.3 Å². The van der Waals surface area contributed by atoms with Gasteiger partial charge in [-0.25, -0.2) is 0 Å². The van der Waals surface area contributed by atoms with Gasteiger partial charge >= 0.3 is 0 Å². The van der Waals surface area contributed by atoms with Gasteiger partial charge in [-0.1, -0.05) is 47.5 Å². The smallest absolute Gasteiger partial charge is 0.117 e. The van der Waals surface area contributed by atoms with E-state index in [2.05, 4.69) is 0 Å². The van der Waals surface area contributed by atoms with Crippen molar-refractivity contribution in [2.24, 2.45) is 0 Å². The molecule has 0 nitrogen and oxygen atoms in total. The van der Waals surface area contributed by atoms with Gasteiger partial charge in [-0.3, -0.25) is 0 Å². The van der Waals surface area contributed by atoms with Crippen LogP contribution in [-0.4, -0.2) is 5.38 Å². The molecule has 0 radical (unpaired) electrons. The van der Waals surface area contributed by atoms with Crippen LogP contribution in [0.3, 0.4) is 0 Å². The number of fused-ring (bicyclic) bond motifs is 1. The number of hydrogen-bond donors (Lipinski definition) is 0. The molecule has 0 amide bonds. The van der Waals surface area contributed by atoms with Gasteiger partial charge in [0, 0.05) is 0 Å². The number of benzene rings is 1. The van der Waals surface area contributed by atoms with Gasteiger partial charge in [0.05, 0.1) is 10.8 Å². The fourth-order valence-electron chi connectivity index (χ4n) is 1.53. The molecule has 13 heavy (non-hydrogen) atoms. The zero-order chi connectivity index (χ0) is 9.64. The lowest BCUT2D eigenvalue weighted by molar-refractivity contribution is 0.805. The maximum Gasteiger partial charge on any atom is 0.161 e. The molecule has 2 rings (SSSR count). The first-order valence-electron chi connectivity index (χ1n) is 3.80. The Morgan fingerprint density at radius 2 is 1.69 bits per heavy atom. The van der Waals surface area contributed by atoms with Gasteiger partial charge in [-0.05, 0) is 11.1 Å². The van der Waals surface area contributed by atoms with E-state index in [1.165, 1.54) is 0 Å². The summed E-state index contributed by atoms with van der Waals surface area (Å²) in [5.41, 5.74) is 1.74. The van der Waals surface area contributed by atoms with Gasteiger partial charge in [-0.15, -0.1) is 23.2 Å². The number of hydrogen-bond acceptors (Lipinski definition) is 0. The summed E-state index contributed by atoms with van der Waals surface area (Å²) in [5.74, 6) is 0. The average Bonchev–Trinajstić information content (AvgIpc) is 2.30. The summed E-state index contributed by atoms with van der Waals surface area (Å²) >= 11 is 24.3. The van der Waals surface area contributed by atoms with E-state index >= 15 is 0 Å². The summed E-state index contributed by atoms with van der Waals surface area (Å²) in [6, 6.07) is 7.52. The molecule has 1 aromatic carbocycles. The number of rotatable bonds is 0. The van der Waals surface area contributed by atoms with Crippen LogP contribution in [0.25, 0.3) is 0 Å². The molecule has 70 valence electrons. The van der Waals surface area contributed by atoms with Crippen LogP contribution >= 0.6 is 46.4 Å². The molecule has 0 N–H and O–H groups in total. The van der Waals surface area contributed by atoms with E-state index in [0.29, 0.717) is 0 Å². The van der Waals surface area contributed by atoms with Crippen molar-refractivity contribution < 1.29 is 0 Å². The fourth-order valence-corrected chi connectivity index (χ4v) is 2.89. The highest BCUT2D eigenvalue weighted by Crippen LogP contribution is 2.55. The van der Waals surface area contributed by atoms with Crippen LogP contribution < -0.4 is 0 Å². The molecule has 2 unspecified atom stereocenters. The quantitative estimate of drug-likeness (QED) is 0.609. The fraction of sp³-hybridized carbons (Fsp3) is 0.333. The maximum atomic E-state index is 6.09. The standard InChI is InChI=1S/C9H6Cl4/c10-7-5-3-1-2-4-6(5)9(12,13)8(7)11/h1-4,7-8H. The lowest BCUT2D eigenvalue weighted by Gasteiger charge is -2.18. The Balaban J connectivity index is 2.61. The van der Waals surface area contributed by atoms with Gasteiger partial charge < -0.3 is 0 Å². The molecule has 1 aliphatic rings. The SMILES string of the molecule is ClC1c2ccccc2C(Cl)(Cl)C1Cl. The Morgan fingerprint density at radius 1 is 1.08 bits per heavy atom. The Labute approximate surface area is 96.7 Å². The van der Waals surface area contributed by atoms with Crippen LogP contribution in [0.2, 0.25) is 0 Å². The van der Waals surface area contributed by atoms with E-state index in [1.807, 2.05) is 24.3 Å². The van der Waals surface area contributed by atoms with E-state index in [4.69, 9.17) is 46.4 Å². The predicted molar refractivity (Wildman–Crippen MR) is 58.1 cm³/mol. The van der Waals surface area contributed by atoms with Crippen LogP contribution in [0.5, 0.6) is 0 Å². The minimum Gasteiger partial charge on any atom is -0.117 e. The molecule has 0 spiro atoms. The van der Waals surface area contributed by atoms with E-state index in [-0.39, 0.29) is 5.38 Å². The predicted octanol–water partition coefficient (Wildman–Crippen LogP) is 4.22. The van der Waals surface area contributed by atoms with Crippen molar-refractivity contribution in [1.29, 1.82) is 0 Å². The third kappa shape index (κ3) is 1.35. The first kappa shape index (κ1) is 9.92. The first-order valence-corrected chi connectivity index (χ1v) is 5.43. The van der Waals surface area contributed by atoms with Crippen molar-refractivity contribution in [2.75, 3.05) is 0 Å². The molecule has 0 aromatic heterocycles. The zero-order valence-electron chi connectivity index (χ0n) is 6.48. The van der Waals surface area contributed by atoms with Crippen molar-refractivity contribution in [3.63, 3.8) is 0 Å². The molecule has 0 fully saturated rings. The minimum atomic E-state index is -1.06. The largest absolute Gasteiger partial charge is 0.161 e. The second kappa shape index (κ2) is 3.20. The molecule has 0 saturated carbocycles. The third-order valence-electron chi connectivity index (χ3n) is 2.22. The van der Waals surface area contributed by atoms with Gasteiger partial charge in [0.25, 0.3) is 0 Å². The minimum absolute atomic E-state index is 0.312. The number of alkyl halides is 4. The second-order valence-electron chi connectivity index (χ2n) is 3.01. The molecule has 0 aliphatic heterocycles. The highest BCUT2D eigenvalue weighted by atomic mass is 35.5. The normalized spacial score (nSPS) is 30.2. The molecule has 2 atom stereocenters. The summed E-state index contributed by atoms with van der Waals surface area (Å²) in [6.07, 6.45) is 0. The summed E-state index contributed by atoms with van der Waals surface area (Å²) in [5, 5.41) is -0.789. The Morgan fingerprint density at radius 3 is 2.31 bits per heavy atom. The van der Waals surface area contributed by atoms with Crippen molar-refractivity contribution in [1.82, 2.24) is 0 Å². The summed E-state index contributed by atoms with van der Waals surface area (Å²) in [6.45, 7) is 0. The molecular formula is C9H6Cl4. The molecule has 1 aliphatic carbocycles. The second-order valence-corrected chi connectivity index (χ2v) is 5.34.